The molecule has 3 aromatic heterocycles. The Morgan fingerprint density at radius 3 is 2.44 bits per heavy atom. The maximum Gasteiger partial charge on any atom is 0.345 e. The number of hydrogen-bond donors (Lipinski definition) is 2. The monoisotopic (exact) mass is 579 g/mol. The molecule has 10 nitrogen and oxygen atoms in total. The second kappa shape index (κ2) is 11.7. The SMILES string of the molecule is CC(C)n1nccc1C(=O)N[C@H](c1cn2ncc([C@H](NC(=O)COC(F)F)C3CC3)cc2n1)C1CCC(F)(F)CC1. The molecule has 5 rings (SSSR count). The first-order valence-corrected chi connectivity index (χ1v) is 13.8. The molecule has 0 saturated heterocycles. The van der Waals surface area contributed by atoms with Crippen molar-refractivity contribution >= 4 is 17.5 Å². The summed E-state index contributed by atoms with van der Waals surface area (Å²) in [6.07, 6.45) is 6.37. The van der Waals surface area contributed by atoms with Gasteiger partial charge < -0.3 is 15.4 Å². The van der Waals surface area contributed by atoms with E-state index in [0.717, 1.165) is 12.8 Å². The molecule has 2 saturated carbocycles. The summed E-state index contributed by atoms with van der Waals surface area (Å²) in [6, 6.07) is 2.20. The van der Waals surface area contributed by atoms with Crippen molar-refractivity contribution in [3.8, 4) is 0 Å². The molecule has 0 bridgehead atoms. The van der Waals surface area contributed by atoms with Gasteiger partial charge in [-0.2, -0.15) is 19.0 Å². The lowest BCUT2D eigenvalue weighted by Gasteiger charge is -2.33. The Morgan fingerprint density at radius 2 is 1.78 bits per heavy atom. The number of ether oxygens (including phenoxy) is 1. The average Bonchev–Trinajstić information content (AvgIpc) is 3.47. The molecular formula is C27H33F4N7O3. The van der Waals surface area contributed by atoms with Gasteiger partial charge in [-0.1, -0.05) is 0 Å². The van der Waals surface area contributed by atoms with Crippen LogP contribution in [0.1, 0.15) is 92.2 Å². The van der Waals surface area contributed by atoms with Gasteiger partial charge in [0.2, 0.25) is 11.8 Å². The van der Waals surface area contributed by atoms with Crippen molar-refractivity contribution in [2.45, 2.75) is 83.0 Å². The fourth-order valence-corrected chi connectivity index (χ4v) is 5.44. The van der Waals surface area contributed by atoms with Crippen LogP contribution in [-0.4, -0.2) is 55.3 Å². The number of carbonyl (C=O) groups is 2. The maximum absolute atomic E-state index is 14.0. The molecule has 0 radical (unpaired) electrons. The zero-order chi connectivity index (χ0) is 29.3. The summed E-state index contributed by atoms with van der Waals surface area (Å²) in [7, 11) is 0. The van der Waals surface area contributed by atoms with Crippen LogP contribution in [0, 0.1) is 11.8 Å². The van der Waals surface area contributed by atoms with Crippen LogP contribution < -0.4 is 10.6 Å². The summed E-state index contributed by atoms with van der Waals surface area (Å²) < 4.78 is 60.0. The van der Waals surface area contributed by atoms with E-state index < -0.39 is 37.1 Å². The third kappa shape index (κ3) is 6.85. The summed E-state index contributed by atoms with van der Waals surface area (Å²) in [6.45, 7) is -0.00383. The van der Waals surface area contributed by atoms with Gasteiger partial charge in [0.05, 0.1) is 30.2 Å². The van der Waals surface area contributed by atoms with Crippen LogP contribution >= 0.6 is 0 Å². The quantitative estimate of drug-likeness (QED) is 0.321. The Labute approximate surface area is 233 Å². The first kappa shape index (κ1) is 29.0. The van der Waals surface area contributed by atoms with Gasteiger partial charge in [0, 0.05) is 25.1 Å². The third-order valence-electron chi connectivity index (χ3n) is 7.70. The van der Waals surface area contributed by atoms with E-state index in [1.807, 2.05) is 13.8 Å². The van der Waals surface area contributed by atoms with E-state index in [1.54, 1.807) is 29.2 Å². The minimum Gasteiger partial charge on any atom is -0.347 e. The Kier molecular flexibility index (Phi) is 8.30. The Balaban J connectivity index is 1.41. The molecule has 2 aliphatic rings. The van der Waals surface area contributed by atoms with Crippen LogP contribution in [0.25, 0.3) is 5.65 Å². The molecule has 2 aliphatic carbocycles. The van der Waals surface area contributed by atoms with Crippen molar-refractivity contribution in [2.75, 3.05) is 6.61 Å². The summed E-state index contributed by atoms with van der Waals surface area (Å²) in [5.41, 5.74) is 1.93. The first-order valence-electron chi connectivity index (χ1n) is 13.8. The molecule has 41 heavy (non-hydrogen) atoms. The van der Waals surface area contributed by atoms with Crippen LogP contribution in [0.15, 0.2) is 30.7 Å². The number of fused-ring (bicyclic) bond motifs is 1. The van der Waals surface area contributed by atoms with Crippen molar-refractivity contribution in [2.24, 2.45) is 11.8 Å². The molecule has 2 amide bonds. The van der Waals surface area contributed by atoms with E-state index in [1.165, 1.54) is 10.7 Å². The van der Waals surface area contributed by atoms with E-state index in [2.05, 4.69) is 25.6 Å². The van der Waals surface area contributed by atoms with Gasteiger partial charge in [0.25, 0.3) is 5.91 Å². The highest BCUT2D eigenvalue weighted by Crippen LogP contribution is 2.42. The minimum atomic E-state index is -3.05. The second-order valence-corrected chi connectivity index (χ2v) is 11.1. The van der Waals surface area contributed by atoms with Crippen LogP contribution in [0.4, 0.5) is 17.6 Å². The zero-order valence-electron chi connectivity index (χ0n) is 22.8. The smallest absolute Gasteiger partial charge is 0.345 e. The van der Waals surface area contributed by atoms with Gasteiger partial charge in [-0.25, -0.2) is 18.3 Å². The third-order valence-corrected chi connectivity index (χ3v) is 7.70. The second-order valence-electron chi connectivity index (χ2n) is 11.1. The fourth-order valence-electron chi connectivity index (χ4n) is 5.44. The average molecular weight is 580 g/mol. The summed E-state index contributed by atoms with van der Waals surface area (Å²) in [5.74, 6) is -3.92. The van der Waals surface area contributed by atoms with Crippen molar-refractivity contribution in [3.63, 3.8) is 0 Å². The molecule has 222 valence electrons. The van der Waals surface area contributed by atoms with Gasteiger partial charge in [0.15, 0.2) is 5.65 Å². The molecule has 3 heterocycles. The van der Waals surface area contributed by atoms with Gasteiger partial charge in [-0.05, 0) is 69.1 Å². The Bertz CT molecular complexity index is 1380. The number of rotatable bonds is 11. The van der Waals surface area contributed by atoms with E-state index in [9.17, 15) is 27.2 Å². The highest BCUT2D eigenvalue weighted by Gasteiger charge is 2.40. The number of nitrogens with zero attached hydrogens (tertiary/aromatic N) is 5. The van der Waals surface area contributed by atoms with E-state index >= 15 is 0 Å². The molecular weight excluding hydrogens is 546 g/mol. The van der Waals surface area contributed by atoms with Crippen molar-refractivity contribution in [1.82, 2.24) is 35.0 Å². The number of hydrogen-bond acceptors (Lipinski definition) is 6. The molecule has 0 aliphatic heterocycles. The summed E-state index contributed by atoms with van der Waals surface area (Å²) >= 11 is 0. The van der Waals surface area contributed by atoms with Crippen LogP contribution in [0.5, 0.6) is 0 Å². The molecule has 2 fully saturated rings. The van der Waals surface area contributed by atoms with Gasteiger partial charge in [0.1, 0.15) is 12.3 Å². The Morgan fingerprint density at radius 1 is 1.07 bits per heavy atom. The number of aromatic nitrogens is 5. The lowest BCUT2D eigenvalue weighted by atomic mass is 9.81. The lowest BCUT2D eigenvalue weighted by Crippen LogP contribution is -2.38. The van der Waals surface area contributed by atoms with Crippen LogP contribution in [-0.2, 0) is 9.53 Å². The Hall–Kier alpha value is -3.55. The molecule has 2 atom stereocenters. The fraction of sp³-hybridized carbons (Fsp3) is 0.593. The molecule has 0 unspecified atom stereocenters. The molecule has 14 heteroatoms. The van der Waals surface area contributed by atoms with Crippen molar-refractivity contribution in [1.29, 1.82) is 0 Å². The van der Waals surface area contributed by atoms with E-state index in [-0.39, 0.29) is 49.5 Å². The van der Waals surface area contributed by atoms with Gasteiger partial charge in [-0.15, -0.1) is 0 Å². The summed E-state index contributed by atoms with van der Waals surface area (Å²) in [5, 5.41) is 14.4. The van der Waals surface area contributed by atoms with Crippen molar-refractivity contribution in [3.05, 3.63) is 47.7 Å². The predicted octanol–water partition coefficient (Wildman–Crippen LogP) is 4.61. The predicted molar refractivity (Wildman–Crippen MR) is 138 cm³/mol. The lowest BCUT2D eigenvalue weighted by molar-refractivity contribution is -0.152. The molecule has 2 N–H and O–H groups in total. The maximum atomic E-state index is 14.0. The highest BCUT2D eigenvalue weighted by atomic mass is 19.3. The topological polar surface area (TPSA) is 115 Å². The number of nitrogens with one attached hydrogen (secondary N) is 2. The number of carbonyl (C=O) groups excluding carboxylic acids is 2. The molecule has 3 aromatic rings. The standard InChI is InChI=1S/C27H33F4N7O3/c1-15(2)38-20(7-10-32-38)25(40)36-24(17-5-8-27(30,31)9-6-17)19-13-37-21(34-19)11-18(12-33-37)23(16-3-4-16)35-22(39)14-41-26(28)29/h7,10-13,15-17,23-24,26H,3-6,8-9,14H2,1-2H3,(H,35,39)(H,36,40)/t23-,24+/m1/s1. The minimum absolute atomic E-state index is 0.0581. The summed E-state index contributed by atoms with van der Waals surface area (Å²) in [4.78, 5) is 30.3. The number of imidazole rings is 1. The van der Waals surface area contributed by atoms with Crippen LogP contribution in [0.2, 0.25) is 0 Å². The van der Waals surface area contributed by atoms with Crippen molar-refractivity contribution < 1.29 is 31.9 Å². The zero-order valence-corrected chi connectivity index (χ0v) is 22.8. The van der Waals surface area contributed by atoms with Gasteiger partial charge >= 0.3 is 6.61 Å². The number of halogens is 4. The van der Waals surface area contributed by atoms with Gasteiger partial charge in [-0.3, -0.25) is 14.3 Å². The molecule has 0 aromatic carbocycles. The first-order chi connectivity index (χ1) is 19.5. The van der Waals surface area contributed by atoms with E-state index in [0.29, 0.717) is 22.6 Å². The number of alkyl halides is 4. The van der Waals surface area contributed by atoms with Crippen LogP contribution in [0.3, 0.4) is 0 Å². The normalized spacial score (nSPS) is 19.0. The molecule has 0 spiro atoms. The van der Waals surface area contributed by atoms with E-state index in [4.69, 9.17) is 4.98 Å². The number of amides is 2. The highest BCUT2D eigenvalue weighted by molar-refractivity contribution is 5.92. The largest absolute Gasteiger partial charge is 0.347 e.